The Hall–Kier alpha value is -1.73. The Bertz CT molecular complexity index is 423. The highest BCUT2D eigenvalue weighted by atomic mass is 19.4. The van der Waals surface area contributed by atoms with E-state index < -0.39 is 42.2 Å². The summed E-state index contributed by atoms with van der Waals surface area (Å²) >= 11 is 0. The Morgan fingerprint density at radius 2 is 2.11 bits per heavy atom. The van der Waals surface area contributed by atoms with E-state index in [1.54, 1.807) is 0 Å². The average molecular weight is 279 g/mol. The molecule has 8 heteroatoms. The summed E-state index contributed by atoms with van der Waals surface area (Å²) < 4.78 is 42.6. The number of carboxylic acid groups (broad SMARTS) is 1. The van der Waals surface area contributed by atoms with E-state index in [1.165, 1.54) is 6.08 Å². The summed E-state index contributed by atoms with van der Waals surface area (Å²) in [5.41, 5.74) is 0. The fourth-order valence-corrected chi connectivity index (χ4v) is 2.71. The lowest BCUT2D eigenvalue weighted by atomic mass is 10.1. The molecule has 1 N–H and O–H groups in total. The van der Waals surface area contributed by atoms with E-state index in [0.29, 0.717) is 4.90 Å². The molecule has 2 fully saturated rings. The van der Waals surface area contributed by atoms with E-state index >= 15 is 0 Å². The van der Waals surface area contributed by atoms with Gasteiger partial charge in [-0.05, 0) is 12.3 Å². The van der Waals surface area contributed by atoms with Gasteiger partial charge in [-0.15, -0.1) is 0 Å². The summed E-state index contributed by atoms with van der Waals surface area (Å²) in [5.74, 6) is -3.79. The maximum Gasteiger partial charge on any atom is 0.411 e. The van der Waals surface area contributed by atoms with Gasteiger partial charge in [0.2, 0.25) is 0 Å². The van der Waals surface area contributed by atoms with Crippen LogP contribution in [-0.4, -0.2) is 46.9 Å². The number of hydrogen-bond acceptors (Lipinski definition) is 3. The largest absolute Gasteiger partial charge is 0.480 e. The number of rotatable bonds is 3. The minimum absolute atomic E-state index is 0.171. The minimum Gasteiger partial charge on any atom is -0.480 e. The van der Waals surface area contributed by atoms with E-state index in [2.05, 4.69) is 11.3 Å². The molecule has 1 aliphatic carbocycles. The molecule has 2 rings (SSSR count). The summed E-state index contributed by atoms with van der Waals surface area (Å²) in [7, 11) is 0. The van der Waals surface area contributed by atoms with Crippen LogP contribution in [0.15, 0.2) is 12.7 Å². The lowest BCUT2D eigenvalue weighted by Crippen LogP contribution is -2.45. The van der Waals surface area contributed by atoms with Gasteiger partial charge in [-0.25, -0.2) is 9.59 Å². The maximum absolute atomic E-state index is 12.6. The Labute approximate surface area is 106 Å². The summed E-state index contributed by atoms with van der Waals surface area (Å²) in [4.78, 5) is 23.3. The molecule has 1 amide bonds. The third kappa shape index (κ3) is 2.26. The van der Waals surface area contributed by atoms with Crippen molar-refractivity contribution >= 4 is 12.1 Å². The fraction of sp³-hybridized carbons (Fsp3) is 0.636. The van der Waals surface area contributed by atoms with Crippen LogP contribution in [0.5, 0.6) is 0 Å². The first-order valence-electron chi connectivity index (χ1n) is 5.64. The van der Waals surface area contributed by atoms with Gasteiger partial charge in [0.1, 0.15) is 12.6 Å². The number of fused-ring (bicyclic) bond motifs is 1. The van der Waals surface area contributed by atoms with Gasteiger partial charge in [0, 0.05) is 0 Å². The molecule has 0 aromatic rings. The van der Waals surface area contributed by atoms with Crippen LogP contribution in [0.4, 0.5) is 18.0 Å². The molecule has 0 bridgehead atoms. The number of carbonyl (C=O) groups excluding carboxylic acids is 1. The van der Waals surface area contributed by atoms with Gasteiger partial charge in [0.15, 0.2) is 0 Å². The molecule has 1 heterocycles. The van der Waals surface area contributed by atoms with Crippen molar-refractivity contribution in [3.8, 4) is 0 Å². The van der Waals surface area contributed by atoms with Crippen LogP contribution >= 0.6 is 0 Å². The van der Waals surface area contributed by atoms with Gasteiger partial charge in [-0.3, -0.25) is 4.90 Å². The van der Waals surface area contributed by atoms with Gasteiger partial charge < -0.3 is 9.84 Å². The van der Waals surface area contributed by atoms with E-state index in [9.17, 15) is 22.8 Å². The molecule has 0 spiro atoms. The second-order valence-electron chi connectivity index (χ2n) is 4.58. The number of alkyl halides is 3. The number of hydrogen-bond donors (Lipinski definition) is 1. The first-order valence-corrected chi connectivity index (χ1v) is 5.64. The number of nitrogens with zero attached hydrogens (tertiary/aromatic N) is 1. The van der Waals surface area contributed by atoms with Crippen molar-refractivity contribution in [1.29, 1.82) is 0 Å². The molecular formula is C11H12F3NO4. The molecule has 2 aliphatic rings. The monoisotopic (exact) mass is 279 g/mol. The zero-order valence-electron chi connectivity index (χ0n) is 9.76. The van der Waals surface area contributed by atoms with Crippen LogP contribution < -0.4 is 0 Å². The van der Waals surface area contributed by atoms with E-state index in [0.717, 1.165) is 0 Å². The van der Waals surface area contributed by atoms with Gasteiger partial charge in [0.25, 0.3) is 0 Å². The Morgan fingerprint density at radius 1 is 1.47 bits per heavy atom. The van der Waals surface area contributed by atoms with Crippen LogP contribution in [0, 0.1) is 11.8 Å². The van der Waals surface area contributed by atoms with Crippen molar-refractivity contribution < 1.29 is 32.6 Å². The third-order valence-corrected chi connectivity index (χ3v) is 3.48. The number of ether oxygens (including phenoxy) is 1. The van der Waals surface area contributed by atoms with Crippen molar-refractivity contribution in [1.82, 2.24) is 4.90 Å². The number of halogens is 3. The Balaban J connectivity index is 2.13. The molecule has 0 aromatic carbocycles. The summed E-state index contributed by atoms with van der Waals surface area (Å²) in [6.45, 7) is 3.13. The number of piperidine rings is 1. The van der Waals surface area contributed by atoms with Crippen LogP contribution in [0.25, 0.3) is 0 Å². The highest BCUT2D eigenvalue weighted by Gasteiger charge is 2.73. The summed E-state index contributed by atoms with van der Waals surface area (Å²) in [5, 5.41) is 8.93. The second-order valence-corrected chi connectivity index (χ2v) is 4.58. The Morgan fingerprint density at radius 3 is 2.58 bits per heavy atom. The van der Waals surface area contributed by atoms with Crippen LogP contribution in [0.2, 0.25) is 0 Å². The van der Waals surface area contributed by atoms with Gasteiger partial charge in [0.05, 0.1) is 12.0 Å². The highest BCUT2D eigenvalue weighted by molar-refractivity contribution is 5.82. The molecule has 4 atom stereocenters. The summed E-state index contributed by atoms with van der Waals surface area (Å²) in [6.07, 6.45) is -4.38. The third-order valence-electron chi connectivity index (χ3n) is 3.48. The smallest absolute Gasteiger partial charge is 0.411 e. The molecule has 1 saturated carbocycles. The first kappa shape index (κ1) is 13.7. The standard InChI is InChI=1S/C11H12F3NO4/c1-2-3-19-10(18)15-6(9(16)17)4-5-7(8(5)15)11(12,13)14/h2,5-8H,1,3-4H2,(H,16,17)/t5-,6-,7-,8-/m0/s1. The number of aliphatic carboxylic acids is 1. The van der Waals surface area contributed by atoms with Crippen molar-refractivity contribution in [3.63, 3.8) is 0 Å². The lowest BCUT2D eigenvalue weighted by Gasteiger charge is -2.25. The van der Waals surface area contributed by atoms with Gasteiger partial charge >= 0.3 is 18.2 Å². The molecule has 1 aliphatic heterocycles. The first-order chi connectivity index (χ1) is 8.79. The zero-order chi connectivity index (χ0) is 14.4. The molecule has 19 heavy (non-hydrogen) atoms. The molecule has 5 nitrogen and oxygen atoms in total. The van der Waals surface area contributed by atoms with Crippen LogP contribution in [0.1, 0.15) is 6.42 Å². The Kier molecular flexibility index (Phi) is 3.19. The molecule has 0 aromatic heterocycles. The van der Waals surface area contributed by atoms with E-state index in [4.69, 9.17) is 5.11 Å². The van der Waals surface area contributed by atoms with Crippen molar-refractivity contribution in [3.05, 3.63) is 12.7 Å². The van der Waals surface area contributed by atoms with E-state index in [1.807, 2.05) is 0 Å². The summed E-state index contributed by atoms with van der Waals surface area (Å²) in [6, 6.07) is -2.36. The van der Waals surface area contributed by atoms with Crippen LogP contribution in [-0.2, 0) is 9.53 Å². The average Bonchev–Trinajstić information content (AvgIpc) is 2.89. The molecular weight excluding hydrogens is 267 g/mol. The quantitative estimate of drug-likeness (QED) is 0.798. The minimum atomic E-state index is -4.42. The number of carbonyl (C=O) groups is 2. The van der Waals surface area contributed by atoms with Crippen molar-refractivity contribution in [2.45, 2.75) is 24.7 Å². The maximum atomic E-state index is 12.6. The van der Waals surface area contributed by atoms with Gasteiger partial charge in [-0.1, -0.05) is 12.7 Å². The van der Waals surface area contributed by atoms with E-state index in [-0.39, 0.29) is 13.0 Å². The second kappa shape index (κ2) is 4.43. The number of amides is 1. The lowest BCUT2D eigenvalue weighted by molar-refractivity contribution is -0.162. The normalized spacial score (nSPS) is 32.7. The highest BCUT2D eigenvalue weighted by Crippen LogP contribution is 2.60. The van der Waals surface area contributed by atoms with Gasteiger partial charge in [-0.2, -0.15) is 13.2 Å². The molecule has 0 unspecified atom stereocenters. The SMILES string of the molecule is C=CCOC(=O)N1[C@H]2[C@@H](C[C@H]1C(=O)O)[C@@H]2C(F)(F)F. The molecule has 106 valence electrons. The van der Waals surface area contributed by atoms with Crippen molar-refractivity contribution in [2.75, 3.05) is 6.61 Å². The fourth-order valence-electron chi connectivity index (χ4n) is 2.71. The number of likely N-dealkylation sites (tertiary alicyclic amines) is 1. The predicted octanol–water partition coefficient (Wildman–Crippen LogP) is 1.64. The predicted molar refractivity (Wildman–Crippen MR) is 56.2 cm³/mol. The molecule has 0 radical (unpaired) electrons. The van der Waals surface area contributed by atoms with Crippen molar-refractivity contribution in [2.24, 2.45) is 11.8 Å². The number of carboxylic acids is 1. The van der Waals surface area contributed by atoms with Crippen LogP contribution in [0.3, 0.4) is 0 Å². The zero-order valence-corrected chi connectivity index (χ0v) is 9.76. The topological polar surface area (TPSA) is 66.8 Å². The molecule has 1 saturated heterocycles.